The number of nitrogens with one attached hydrogen (secondary N) is 1. The van der Waals surface area contributed by atoms with Crippen LogP contribution in [0.2, 0.25) is 0 Å². The number of aromatic nitrogens is 1. The van der Waals surface area contributed by atoms with E-state index in [0.717, 1.165) is 59.8 Å². The summed E-state index contributed by atoms with van der Waals surface area (Å²) in [4.78, 5) is 17.5. The second kappa shape index (κ2) is 9.61. The second-order valence-electron chi connectivity index (χ2n) is 8.84. The van der Waals surface area contributed by atoms with Crippen LogP contribution in [0.5, 0.6) is 5.75 Å². The number of hydrogen-bond acceptors (Lipinski definition) is 5. The molecule has 0 saturated carbocycles. The molecule has 0 atom stereocenters. The molecule has 2 heterocycles. The Labute approximate surface area is 200 Å². The van der Waals surface area contributed by atoms with Crippen molar-refractivity contribution in [3.05, 3.63) is 94.8 Å². The monoisotopic (exact) mass is 454 g/mol. The number of fused-ring (bicyclic) bond motifs is 1. The highest BCUT2D eigenvalue weighted by atomic mass is 16.5. The minimum absolute atomic E-state index is 0.0167. The minimum Gasteiger partial charge on any atom is -0.497 e. The molecular weight excluding hydrogens is 424 g/mol. The Morgan fingerprint density at radius 1 is 0.824 bits per heavy atom. The van der Waals surface area contributed by atoms with Crippen LogP contribution in [-0.2, 0) is 6.54 Å². The molecule has 1 fully saturated rings. The lowest BCUT2D eigenvalue weighted by atomic mass is 10.1. The van der Waals surface area contributed by atoms with E-state index in [1.165, 1.54) is 5.69 Å². The van der Waals surface area contributed by atoms with Crippen molar-refractivity contribution in [2.75, 3.05) is 50.6 Å². The number of likely N-dealkylation sites (N-methyl/N-ethyl adjacent to an activating group) is 1. The Morgan fingerprint density at radius 2 is 1.50 bits per heavy atom. The van der Waals surface area contributed by atoms with Gasteiger partial charge in [-0.05, 0) is 72.6 Å². The molecule has 6 nitrogen and oxygen atoms in total. The SMILES string of the molecule is COc1ccc(Cn2c(=O)ccc3ccc(Nc4ccc(N5CCN(C)CC5)cc4)cc32)cc1. The molecule has 0 amide bonds. The summed E-state index contributed by atoms with van der Waals surface area (Å²) in [7, 11) is 3.82. The first-order valence-electron chi connectivity index (χ1n) is 11.7. The van der Waals surface area contributed by atoms with Gasteiger partial charge in [0, 0.05) is 49.3 Å². The molecule has 6 heteroatoms. The first-order valence-corrected chi connectivity index (χ1v) is 11.7. The average Bonchev–Trinajstić information content (AvgIpc) is 2.87. The van der Waals surface area contributed by atoms with E-state index >= 15 is 0 Å². The van der Waals surface area contributed by atoms with E-state index in [-0.39, 0.29) is 5.56 Å². The van der Waals surface area contributed by atoms with Gasteiger partial charge in [0.05, 0.1) is 19.2 Å². The van der Waals surface area contributed by atoms with Crippen LogP contribution in [0.4, 0.5) is 17.1 Å². The Bertz CT molecular complexity index is 1320. The van der Waals surface area contributed by atoms with Gasteiger partial charge in [0.2, 0.25) is 0 Å². The van der Waals surface area contributed by atoms with Gasteiger partial charge in [0.1, 0.15) is 5.75 Å². The molecule has 34 heavy (non-hydrogen) atoms. The van der Waals surface area contributed by atoms with Crippen molar-refractivity contribution in [2.45, 2.75) is 6.54 Å². The van der Waals surface area contributed by atoms with Crippen molar-refractivity contribution >= 4 is 28.0 Å². The Balaban J connectivity index is 1.38. The summed E-state index contributed by atoms with van der Waals surface area (Å²) in [6.07, 6.45) is 0. The van der Waals surface area contributed by atoms with Crippen molar-refractivity contribution < 1.29 is 4.74 Å². The molecule has 0 aliphatic carbocycles. The molecule has 3 aromatic carbocycles. The standard InChI is InChI=1S/C28H30N4O2/c1-30-15-17-31(18-16-30)25-10-8-23(9-11-25)29-24-7-5-22-6-14-28(33)32(27(22)19-24)20-21-3-12-26(34-2)13-4-21/h3-14,19,29H,15-18,20H2,1-2H3. The number of benzene rings is 3. The predicted octanol–water partition coefficient (Wildman–Crippen LogP) is 4.55. The molecule has 1 aliphatic heterocycles. The van der Waals surface area contributed by atoms with E-state index in [4.69, 9.17) is 4.74 Å². The molecule has 0 radical (unpaired) electrons. The molecule has 1 N–H and O–H groups in total. The van der Waals surface area contributed by atoms with Crippen LogP contribution in [-0.4, -0.2) is 49.8 Å². The van der Waals surface area contributed by atoms with Gasteiger partial charge in [-0.1, -0.05) is 18.2 Å². The number of anilines is 3. The number of piperazine rings is 1. The third kappa shape index (κ3) is 4.77. The maximum absolute atomic E-state index is 12.7. The fourth-order valence-electron chi connectivity index (χ4n) is 4.43. The quantitative estimate of drug-likeness (QED) is 0.463. The zero-order valence-corrected chi connectivity index (χ0v) is 19.7. The van der Waals surface area contributed by atoms with E-state index in [9.17, 15) is 4.79 Å². The summed E-state index contributed by atoms with van der Waals surface area (Å²) in [6, 6.07) is 26.1. The largest absolute Gasteiger partial charge is 0.497 e. The maximum Gasteiger partial charge on any atom is 0.251 e. The highest BCUT2D eigenvalue weighted by Crippen LogP contribution is 2.25. The average molecular weight is 455 g/mol. The first-order chi connectivity index (χ1) is 16.6. The van der Waals surface area contributed by atoms with Gasteiger partial charge < -0.3 is 24.4 Å². The van der Waals surface area contributed by atoms with Crippen molar-refractivity contribution in [2.24, 2.45) is 0 Å². The predicted molar refractivity (Wildman–Crippen MR) is 140 cm³/mol. The number of ether oxygens (including phenoxy) is 1. The fourth-order valence-corrected chi connectivity index (χ4v) is 4.43. The molecule has 0 unspecified atom stereocenters. The minimum atomic E-state index is -0.0167. The highest BCUT2D eigenvalue weighted by molar-refractivity contribution is 5.84. The summed E-state index contributed by atoms with van der Waals surface area (Å²) in [5.74, 6) is 0.805. The maximum atomic E-state index is 12.7. The molecule has 0 bridgehead atoms. The van der Waals surface area contributed by atoms with E-state index in [1.807, 2.05) is 34.9 Å². The second-order valence-corrected chi connectivity index (χ2v) is 8.84. The number of nitrogens with zero attached hydrogens (tertiary/aromatic N) is 3. The number of methoxy groups -OCH3 is 1. The molecule has 1 aromatic heterocycles. The van der Waals surface area contributed by atoms with Crippen LogP contribution >= 0.6 is 0 Å². The third-order valence-electron chi connectivity index (χ3n) is 6.52. The molecule has 4 aromatic rings. The fraction of sp³-hybridized carbons (Fsp3) is 0.250. The van der Waals surface area contributed by atoms with Crippen molar-refractivity contribution in [1.82, 2.24) is 9.47 Å². The van der Waals surface area contributed by atoms with Gasteiger partial charge in [0.15, 0.2) is 0 Å². The molecule has 1 aliphatic rings. The molecular formula is C28H30N4O2. The number of pyridine rings is 1. The zero-order chi connectivity index (χ0) is 23.5. The van der Waals surface area contributed by atoms with E-state index in [2.05, 4.69) is 64.6 Å². The molecule has 5 rings (SSSR count). The lowest BCUT2D eigenvalue weighted by Crippen LogP contribution is -2.44. The molecule has 1 saturated heterocycles. The van der Waals surface area contributed by atoms with Crippen molar-refractivity contribution in [3.63, 3.8) is 0 Å². The summed E-state index contributed by atoms with van der Waals surface area (Å²) in [6.45, 7) is 4.80. The van der Waals surface area contributed by atoms with Crippen LogP contribution in [0.25, 0.3) is 10.9 Å². The molecule has 0 spiro atoms. The van der Waals surface area contributed by atoms with Crippen molar-refractivity contribution in [1.29, 1.82) is 0 Å². The Morgan fingerprint density at radius 3 is 2.21 bits per heavy atom. The van der Waals surface area contributed by atoms with Gasteiger partial charge >= 0.3 is 0 Å². The topological polar surface area (TPSA) is 49.7 Å². The summed E-state index contributed by atoms with van der Waals surface area (Å²) in [5, 5.41) is 4.53. The van der Waals surface area contributed by atoms with Crippen LogP contribution in [0.3, 0.4) is 0 Å². The van der Waals surface area contributed by atoms with Gasteiger partial charge in [-0.15, -0.1) is 0 Å². The summed E-state index contributed by atoms with van der Waals surface area (Å²) >= 11 is 0. The lowest BCUT2D eigenvalue weighted by molar-refractivity contribution is 0.313. The first kappa shape index (κ1) is 22.0. The van der Waals surface area contributed by atoms with Crippen LogP contribution in [0.15, 0.2) is 83.7 Å². The Kier molecular flexibility index (Phi) is 6.23. The lowest BCUT2D eigenvalue weighted by Gasteiger charge is -2.34. The Hall–Kier alpha value is -3.77. The number of rotatable bonds is 6. The van der Waals surface area contributed by atoms with Crippen LogP contribution in [0, 0.1) is 0 Å². The molecule has 174 valence electrons. The summed E-state index contributed by atoms with van der Waals surface area (Å²) in [5.41, 5.74) is 5.17. The van der Waals surface area contributed by atoms with Gasteiger partial charge in [-0.25, -0.2) is 0 Å². The van der Waals surface area contributed by atoms with Crippen LogP contribution < -0.4 is 20.5 Å². The van der Waals surface area contributed by atoms with E-state index in [0.29, 0.717) is 6.54 Å². The summed E-state index contributed by atoms with van der Waals surface area (Å²) < 4.78 is 7.07. The smallest absolute Gasteiger partial charge is 0.251 e. The van der Waals surface area contributed by atoms with E-state index < -0.39 is 0 Å². The number of hydrogen-bond donors (Lipinski definition) is 1. The van der Waals surface area contributed by atoms with Gasteiger partial charge in [-0.3, -0.25) is 4.79 Å². The van der Waals surface area contributed by atoms with Gasteiger partial charge in [-0.2, -0.15) is 0 Å². The van der Waals surface area contributed by atoms with E-state index in [1.54, 1.807) is 13.2 Å². The normalized spacial score (nSPS) is 14.4. The highest BCUT2D eigenvalue weighted by Gasteiger charge is 2.14. The third-order valence-corrected chi connectivity index (χ3v) is 6.52. The van der Waals surface area contributed by atoms with Crippen LogP contribution in [0.1, 0.15) is 5.56 Å². The zero-order valence-electron chi connectivity index (χ0n) is 19.7. The van der Waals surface area contributed by atoms with Gasteiger partial charge in [0.25, 0.3) is 5.56 Å². The van der Waals surface area contributed by atoms with Crippen molar-refractivity contribution in [3.8, 4) is 5.75 Å².